The Labute approximate surface area is 99.3 Å². The van der Waals surface area contributed by atoms with Crippen LogP contribution in [-0.2, 0) is 10.2 Å². The van der Waals surface area contributed by atoms with E-state index in [0.29, 0.717) is 17.3 Å². The molecule has 0 unspecified atom stereocenters. The molecule has 0 spiro atoms. The molecule has 0 aromatic carbocycles. The minimum absolute atomic E-state index is 0.514. The Hall–Kier alpha value is -2.04. The van der Waals surface area contributed by atoms with Crippen LogP contribution in [0.2, 0.25) is 0 Å². The number of nitrogens with one attached hydrogen (secondary N) is 1. The van der Waals surface area contributed by atoms with E-state index >= 15 is 0 Å². The molecule has 0 amide bonds. The molecule has 5 nitrogen and oxygen atoms in total. The second-order valence-electron chi connectivity index (χ2n) is 4.50. The quantitative estimate of drug-likeness (QED) is 0.814. The minimum Gasteiger partial charge on any atom is -0.342 e. The van der Waals surface area contributed by atoms with Crippen molar-refractivity contribution in [3.8, 4) is 11.6 Å². The van der Waals surface area contributed by atoms with Crippen molar-refractivity contribution in [2.45, 2.75) is 26.2 Å². The fourth-order valence-corrected chi connectivity index (χ4v) is 1.45. The van der Waals surface area contributed by atoms with E-state index in [9.17, 15) is 4.79 Å². The molecule has 2 aromatic heterocycles. The second kappa shape index (κ2) is 4.08. The van der Waals surface area contributed by atoms with Gasteiger partial charge in [-0.15, -0.1) is 0 Å². The van der Waals surface area contributed by atoms with Gasteiger partial charge in [0.05, 0.1) is 11.1 Å². The minimum atomic E-state index is -0.616. The number of carbonyl (C=O) groups excluding carboxylic acids is 1. The summed E-state index contributed by atoms with van der Waals surface area (Å²) in [4.78, 5) is 26.8. The number of aromatic nitrogens is 4. The molecule has 2 aromatic rings. The number of aromatic amines is 1. The molecule has 2 heterocycles. The van der Waals surface area contributed by atoms with Gasteiger partial charge in [-0.3, -0.25) is 0 Å². The first-order chi connectivity index (χ1) is 8.03. The van der Waals surface area contributed by atoms with Crippen LogP contribution in [0, 0.1) is 6.92 Å². The van der Waals surface area contributed by atoms with Crippen molar-refractivity contribution in [1.29, 1.82) is 0 Å². The predicted octanol–water partition coefficient (Wildman–Crippen LogP) is 1.65. The number of carbonyl (C=O) groups is 1. The molecule has 0 saturated heterocycles. The summed E-state index contributed by atoms with van der Waals surface area (Å²) in [5.74, 6) is 1.12. The van der Waals surface area contributed by atoms with Gasteiger partial charge >= 0.3 is 0 Å². The lowest BCUT2D eigenvalue weighted by molar-refractivity contribution is -0.111. The summed E-state index contributed by atoms with van der Waals surface area (Å²) in [7, 11) is 0. The summed E-state index contributed by atoms with van der Waals surface area (Å²) in [6, 6.07) is 1.82. The number of rotatable bonds is 3. The van der Waals surface area contributed by atoms with Gasteiger partial charge in [-0.1, -0.05) is 0 Å². The molecule has 0 radical (unpaired) electrons. The van der Waals surface area contributed by atoms with Crippen molar-refractivity contribution in [2.75, 3.05) is 0 Å². The number of hydrogen-bond donors (Lipinski definition) is 1. The van der Waals surface area contributed by atoms with Crippen LogP contribution in [0.5, 0.6) is 0 Å². The Balaban J connectivity index is 2.54. The molecular weight excluding hydrogens is 216 g/mol. The lowest BCUT2D eigenvalue weighted by Crippen LogP contribution is -2.21. The summed E-state index contributed by atoms with van der Waals surface area (Å²) in [6.07, 6.45) is 4.25. The van der Waals surface area contributed by atoms with Crippen molar-refractivity contribution in [2.24, 2.45) is 0 Å². The Kier molecular flexibility index (Phi) is 2.75. The largest absolute Gasteiger partial charge is 0.342 e. The smallest absolute Gasteiger partial charge is 0.196 e. The average molecular weight is 230 g/mol. The Bertz CT molecular complexity index is 531. The van der Waals surface area contributed by atoms with Gasteiger partial charge in [-0.25, -0.2) is 15.0 Å². The molecule has 17 heavy (non-hydrogen) atoms. The normalized spacial score (nSPS) is 11.5. The van der Waals surface area contributed by atoms with Crippen LogP contribution in [0.15, 0.2) is 18.5 Å². The molecule has 0 aliphatic rings. The fourth-order valence-electron chi connectivity index (χ4n) is 1.45. The van der Waals surface area contributed by atoms with Crippen LogP contribution in [0.1, 0.15) is 25.2 Å². The average Bonchev–Trinajstić information content (AvgIpc) is 2.81. The number of hydrogen-bond acceptors (Lipinski definition) is 4. The third-order valence-corrected chi connectivity index (χ3v) is 2.52. The second-order valence-corrected chi connectivity index (χ2v) is 4.50. The van der Waals surface area contributed by atoms with Crippen molar-refractivity contribution in [3.05, 3.63) is 29.8 Å². The number of aldehydes is 1. The fraction of sp³-hybridized carbons (Fsp3) is 0.333. The van der Waals surface area contributed by atoms with Crippen molar-refractivity contribution < 1.29 is 4.79 Å². The number of imidazole rings is 1. The predicted molar refractivity (Wildman–Crippen MR) is 63.4 cm³/mol. The maximum atomic E-state index is 11.1. The molecule has 0 bridgehead atoms. The zero-order valence-electron chi connectivity index (χ0n) is 10.1. The lowest BCUT2D eigenvalue weighted by atomic mass is 9.91. The van der Waals surface area contributed by atoms with Crippen molar-refractivity contribution in [3.63, 3.8) is 0 Å². The highest BCUT2D eigenvalue weighted by atomic mass is 16.1. The third kappa shape index (κ3) is 2.22. The summed E-state index contributed by atoms with van der Waals surface area (Å²) in [6.45, 7) is 5.53. The molecule has 2 rings (SSSR count). The molecule has 88 valence electrons. The summed E-state index contributed by atoms with van der Waals surface area (Å²) >= 11 is 0. The monoisotopic (exact) mass is 230 g/mol. The number of H-pyrrole nitrogens is 1. The Morgan fingerprint density at radius 1 is 1.35 bits per heavy atom. The SMILES string of the molecule is Cc1cc(C(C)(C)C=O)nc(-c2ncc[nH]2)n1. The molecular formula is C12H14N4O. The molecule has 0 aliphatic carbocycles. The van der Waals surface area contributed by atoms with E-state index in [2.05, 4.69) is 19.9 Å². The molecule has 0 fully saturated rings. The lowest BCUT2D eigenvalue weighted by Gasteiger charge is -2.16. The van der Waals surface area contributed by atoms with Gasteiger partial charge in [0.1, 0.15) is 6.29 Å². The maximum absolute atomic E-state index is 11.1. The molecule has 5 heteroatoms. The highest BCUT2D eigenvalue weighted by molar-refractivity contribution is 5.66. The van der Waals surface area contributed by atoms with Gasteiger partial charge < -0.3 is 9.78 Å². The van der Waals surface area contributed by atoms with Crippen molar-refractivity contribution >= 4 is 6.29 Å². The Morgan fingerprint density at radius 2 is 2.12 bits per heavy atom. The number of aryl methyl sites for hydroxylation is 1. The third-order valence-electron chi connectivity index (χ3n) is 2.52. The van der Waals surface area contributed by atoms with Crippen LogP contribution in [0.3, 0.4) is 0 Å². The molecule has 0 saturated carbocycles. The maximum Gasteiger partial charge on any atom is 0.196 e. The molecule has 1 N–H and O–H groups in total. The van der Waals surface area contributed by atoms with Gasteiger partial charge in [-0.05, 0) is 26.8 Å². The van der Waals surface area contributed by atoms with Crippen LogP contribution < -0.4 is 0 Å². The zero-order chi connectivity index (χ0) is 12.5. The summed E-state index contributed by atoms with van der Waals surface area (Å²) in [5.41, 5.74) is 0.900. The highest BCUT2D eigenvalue weighted by Crippen LogP contribution is 2.21. The van der Waals surface area contributed by atoms with E-state index in [1.165, 1.54) is 0 Å². The topological polar surface area (TPSA) is 71.5 Å². The van der Waals surface area contributed by atoms with Crippen LogP contribution >= 0.6 is 0 Å². The van der Waals surface area contributed by atoms with E-state index in [1.807, 2.05) is 26.8 Å². The van der Waals surface area contributed by atoms with Gasteiger partial charge in [0, 0.05) is 18.1 Å². The molecule has 0 aliphatic heterocycles. The van der Waals surface area contributed by atoms with E-state index in [0.717, 1.165) is 12.0 Å². The molecule has 0 atom stereocenters. The summed E-state index contributed by atoms with van der Waals surface area (Å²) < 4.78 is 0. The van der Waals surface area contributed by atoms with Crippen LogP contribution in [0.25, 0.3) is 11.6 Å². The Morgan fingerprint density at radius 3 is 2.71 bits per heavy atom. The standard InChI is InChI=1S/C12H14N4O/c1-8-6-9(12(2,3)7-17)16-11(15-8)10-13-4-5-14-10/h4-7H,1-3H3,(H,13,14). The van der Waals surface area contributed by atoms with Crippen LogP contribution in [-0.4, -0.2) is 26.2 Å². The van der Waals surface area contributed by atoms with Gasteiger partial charge in [-0.2, -0.15) is 0 Å². The van der Waals surface area contributed by atoms with Gasteiger partial charge in [0.2, 0.25) is 0 Å². The highest BCUT2D eigenvalue weighted by Gasteiger charge is 2.23. The van der Waals surface area contributed by atoms with Crippen molar-refractivity contribution in [1.82, 2.24) is 19.9 Å². The van der Waals surface area contributed by atoms with Gasteiger partial charge in [0.15, 0.2) is 11.6 Å². The van der Waals surface area contributed by atoms with E-state index in [4.69, 9.17) is 0 Å². The zero-order valence-corrected chi connectivity index (χ0v) is 10.1. The van der Waals surface area contributed by atoms with Crippen LogP contribution in [0.4, 0.5) is 0 Å². The van der Waals surface area contributed by atoms with E-state index in [1.54, 1.807) is 12.4 Å². The first kappa shape index (κ1) is 11.4. The number of nitrogens with zero attached hydrogens (tertiary/aromatic N) is 3. The first-order valence-corrected chi connectivity index (χ1v) is 5.35. The first-order valence-electron chi connectivity index (χ1n) is 5.35. The van der Waals surface area contributed by atoms with E-state index < -0.39 is 5.41 Å². The summed E-state index contributed by atoms with van der Waals surface area (Å²) in [5, 5.41) is 0. The van der Waals surface area contributed by atoms with Gasteiger partial charge in [0.25, 0.3) is 0 Å². The van der Waals surface area contributed by atoms with E-state index in [-0.39, 0.29) is 0 Å².